The molecule has 4 nitrogen and oxygen atoms in total. The van der Waals surface area contributed by atoms with Gasteiger partial charge in [0, 0.05) is 36.7 Å². The molecule has 1 aliphatic heterocycles. The number of nitrogens with zero attached hydrogens (tertiary/aromatic N) is 1. The Morgan fingerprint density at radius 3 is 2.75 bits per heavy atom. The first kappa shape index (κ1) is 14.0. The Morgan fingerprint density at radius 1 is 1.35 bits per heavy atom. The molecule has 1 aromatic heterocycles. The van der Waals surface area contributed by atoms with Gasteiger partial charge in [0.25, 0.3) is 5.91 Å². The second-order valence-electron chi connectivity index (χ2n) is 5.69. The lowest BCUT2D eigenvalue weighted by molar-refractivity contribution is 0.0796. The minimum absolute atomic E-state index is 0.0901. The predicted octanol–water partition coefficient (Wildman–Crippen LogP) is 2.37. The lowest BCUT2D eigenvalue weighted by Gasteiger charge is -2.43. The SMILES string of the molecule is O=C(NCC1(N2CCSCC2)CCCC1)c1ccco1. The van der Waals surface area contributed by atoms with Crippen LogP contribution in [0, 0.1) is 0 Å². The Balaban J connectivity index is 1.63. The third-order valence-corrected chi connectivity index (χ3v) is 5.48. The van der Waals surface area contributed by atoms with Gasteiger partial charge in [-0.1, -0.05) is 12.8 Å². The van der Waals surface area contributed by atoms with Crippen LogP contribution in [0.4, 0.5) is 0 Å². The second kappa shape index (κ2) is 6.22. The van der Waals surface area contributed by atoms with Gasteiger partial charge in [-0.25, -0.2) is 0 Å². The van der Waals surface area contributed by atoms with Gasteiger partial charge >= 0.3 is 0 Å². The van der Waals surface area contributed by atoms with Crippen LogP contribution in [-0.4, -0.2) is 47.5 Å². The molecule has 1 amide bonds. The molecule has 0 aromatic carbocycles. The normalized spacial score (nSPS) is 22.8. The summed E-state index contributed by atoms with van der Waals surface area (Å²) in [4.78, 5) is 14.7. The molecule has 5 heteroatoms. The van der Waals surface area contributed by atoms with Crippen molar-refractivity contribution in [3.8, 4) is 0 Å². The average molecular weight is 294 g/mol. The number of carbonyl (C=O) groups is 1. The summed E-state index contributed by atoms with van der Waals surface area (Å²) >= 11 is 2.03. The zero-order chi connectivity index (χ0) is 13.8. The maximum absolute atomic E-state index is 12.1. The zero-order valence-electron chi connectivity index (χ0n) is 11.8. The fraction of sp³-hybridized carbons (Fsp3) is 0.667. The second-order valence-corrected chi connectivity index (χ2v) is 6.92. The van der Waals surface area contributed by atoms with Crippen LogP contribution in [-0.2, 0) is 0 Å². The third kappa shape index (κ3) is 2.88. The number of furan rings is 1. The van der Waals surface area contributed by atoms with Gasteiger partial charge in [0.1, 0.15) is 0 Å². The van der Waals surface area contributed by atoms with Crippen molar-refractivity contribution in [1.29, 1.82) is 0 Å². The molecular formula is C15H22N2O2S. The first-order chi connectivity index (χ1) is 9.80. The monoisotopic (exact) mass is 294 g/mol. The van der Waals surface area contributed by atoms with E-state index in [4.69, 9.17) is 4.42 Å². The molecule has 0 radical (unpaired) electrons. The lowest BCUT2D eigenvalue weighted by Crippen LogP contribution is -2.56. The Kier molecular flexibility index (Phi) is 4.36. The molecular weight excluding hydrogens is 272 g/mol. The molecule has 3 rings (SSSR count). The molecule has 2 heterocycles. The first-order valence-corrected chi connectivity index (χ1v) is 8.60. The van der Waals surface area contributed by atoms with Gasteiger partial charge in [-0.2, -0.15) is 11.8 Å². The van der Waals surface area contributed by atoms with Crippen molar-refractivity contribution in [3.05, 3.63) is 24.2 Å². The third-order valence-electron chi connectivity index (χ3n) is 4.54. The zero-order valence-corrected chi connectivity index (χ0v) is 12.6. The number of hydrogen-bond donors (Lipinski definition) is 1. The van der Waals surface area contributed by atoms with Crippen LogP contribution in [0.5, 0.6) is 0 Å². The summed E-state index contributed by atoms with van der Waals surface area (Å²) in [6.07, 6.45) is 6.51. The molecule has 1 saturated carbocycles. The number of nitrogens with one attached hydrogen (secondary N) is 1. The van der Waals surface area contributed by atoms with E-state index >= 15 is 0 Å². The number of rotatable bonds is 4. The maximum atomic E-state index is 12.1. The molecule has 20 heavy (non-hydrogen) atoms. The Labute approximate surface area is 124 Å². The molecule has 2 aliphatic rings. The number of thioether (sulfide) groups is 1. The van der Waals surface area contributed by atoms with Crippen molar-refractivity contribution < 1.29 is 9.21 Å². The standard InChI is InChI=1S/C15H22N2O2S/c18-14(13-4-3-9-19-13)16-12-15(5-1-2-6-15)17-7-10-20-11-8-17/h3-4,9H,1-2,5-8,10-12H2,(H,16,18). The van der Waals surface area contributed by atoms with Crippen LogP contribution in [0.1, 0.15) is 36.2 Å². The van der Waals surface area contributed by atoms with E-state index in [1.165, 1.54) is 37.2 Å². The van der Waals surface area contributed by atoms with Crippen LogP contribution in [0.3, 0.4) is 0 Å². The molecule has 0 unspecified atom stereocenters. The molecule has 0 atom stereocenters. The van der Waals surface area contributed by atoms with Gasteiger partial charge < -0.3 is 9.73 Å². The average Bonchev–Trinajstić information content (AvgIpc) is 3.18. The first-order valence-electron chi connectivity index (χ1n) is 7.45. The summed E-state index contributed by atoms with van der Waals surface area (Å²) in [6.45, 7) is 3.06. The van der Waals surface area contributed by atoms with Crippen LogP contribution in [0.25, 0.3) is 0 Å². The molecule has 2 fully saturated rings. The number of carbonyl (C=O) groups excluding carboxylic acids is 1. The molecule has 1 saturated heterocycles. The van der Waals surface area contributed by atoms with E-state index in [0.717, 1.165) is 19.6 Å². The minimum atomic E-state index is -0.0901. The van der Waals surface area contributed by atoms with Crippen LogP contribution < -0.4 is 5.32 Å². The largest absolute Gasteiger partial charge is 0.459 e. The highest BCUT2D eigenvalue weighted by atomic mass is 32.2. The summed E-state index contributed by atoms with van der Waals surface area (Å²) in [5.41, 5.74) is 0.184. The van der Waals surface area contributed by atoms with Crippen molar-refractivity contribution in [3.63, 3.8) is 0 Å². The summed E-state index contributed by atoms with van der Waals surface area (Å²) in [5.74, 6) is 2.75. The maximum Gasteiger partial charge on any atom is 0.287 e. The van der Waals surface area contributed by atoms with Gasteiger partial charge in [-0.15, -0.1) is 0 Å². The van der Waals surface area contributed by atoms with Gasteiger partial charge in [0.05, 0.1) is 6.26 Å². The molecule has 0 spiro atoms. The van der Waals surface area contributed by atoms with Gasteiger partial charge in [-0.3, -0.25) is 9.69 Å². The fourth-order valence-electron chi connectivity index (χ4n) is 3.42. The van der Waals surface area contributed by atoms with E-state index in [1.54, 1.807) is 18.4 Å². The van der Waals surface area contributed by atoms with Crippen molar-refractivity contribution in [2.45, 2.75) is 31.2 Å². The van der Waals surface area contributed by atoms with Crippen LogP contribution in [0.15, 0.2) is 22.8 Å². The Morgan fingerprint density at radius 2 is 2.10 bits per heavy atom. The molecule has 0 bridgehead atoms. The van der Waals surface area contributed by atoms with E-state index in [2.05, 4.69) is 10.2 Å². The summed E-state index contributed by atoms with van der Waals surface area (Å²) in [5, 5.41) is 3.08. The number of hydrogen-bond acceptors (Lipinski definition) is 4. The molecule has 110 valence electrons. The topological polar surface area (TPSA) is 45.5 Å². The highest BCUT2D eigenvalue weighted by Crippen LogP contribution is 2.36. The fourth-order valence-corrected chi connectivity index (χ4v) is 4.32. The predicted molar refractivity (Wildman–Crippen MR) is 81.1 cm³/mol. The quantitative estimate of drug-likeness (QED) is 0.926. The van der Waals surface area contributed by atoms with E-state index in [0.29, 0.717) is 5.76 Å². The van der Waals surface area contributed by atoms with Crippen LogP contribution in [0.2, 0.25) is 0 Å². The molecule has 1 N–H and O–H groups in total. The molecule has 1 aliphatic carbocycles. The van der Waals surface area contributed by atoms with Gasteiger partial charge in [0.2, 0.25) is 0 Å². The summed E-state index contributed by atoms with van der Waals surface area (Å²) in [7, 11) is 0. The summed E-state index contributed by atoms with van der Waals surface area (Å²) in [6, 6.07) is 3.47. The highest BCUT2D eigenvalue weighted by molar-refractivity contribution is 7.99. The Hall–Kier alpha value is -0.940. The number of amides is 1. The van der Waals surface area contributed by atoms with Crippen molar-refractivity contribution in [2.24, 2.45) is 0 Å². The molecule has 1 aromatic rings. The summed E-state index contributed by atoms with van der Waals surface area (Å²) < 4.78 is 5.16. The lowest BCUT2D eigenvalue weighted by atomic mass is 9.94. The van der Waals surface area contributed by atoms with Crippen molar-refractivity contribution >= 4 is 17.7 Å². The van der Waals surface area contributed by atoms with E-state index < -0.39 is 0 Å². The van der Waals surface area contributed by atoms with E-state index in [9.17, 15) is 4.79 Å². The van der Waals surface area contributed by atoms with Crippen LogP contribution >= 0.6 is 11.8 Å². The minimum Gasteiger partial charge on any atom is -0.459 e. The van der Waals surface area contributed by atoms with Crippen molar-refractivity contribution in [1.82, 2.24) is 10.2 Å². The van der Waals surface area contributed by atoms with E-state index in [1.807, 2.05) is 11.8 Å². The van der Waals surface area contributed by atoms with E-state index in [-0.39, 0.29) is 11.4 Å². The van der Waals surface area contributed by atoms with Gasteiger partial charge in [0.15, 0.2) is 5.76 Å². The van der Waals surface area contributed by atoms with Gasteiger partial charge in [-0.05, 0) is 25.0 Å². The smallest absolute Gasteiger partial charge is 0.287 e. The van der Waals surface area contributed by atoms with Crippen molar-refractivity contribution in [2.75, 3.05) is 31.1 Å². The highest BCUT2D eigenvalue weighted by Gasteiger charge is 2.40. The Bertz CT molecular complexity index is 435.